The largest absolute Gasteiger partial charge is 0.450 e. The Kier molecular flexibility index (Phi) is 5.56. The summed E-state index contributed by atoms with van der Waals surface area (Å²) in [6.45, 7) is 0. The number of ether oxygens (including phenoxy) is 1. The van der Waals surface area contributed by atoms with E-state index in [0.29, 0.717) is 57.4 Å². The van der Waals surface area contributed by atoms with Crippen LogP contribution < -0.4 is 9.30 Å². The van der Waals surface area contributed by atoms with E-state index in [1.165, 1.54) is 0 Å². The maximum absolute atomic E-state index is 6.49. The van der Waals surface area contributed by atoms with E-state index in [1.54, 1.807) is 0 Å². The minimum Gasteiger partial charge on any atom is -0.450 e. The minimum absolute atomic E-state index is 0.542. The number of hydrogen-bond donors (Lipinski definition) is 2. The molecule has 10 heteroatoms. The van der Waals surface area contributed by atoms with Gasteiger partial charge in [0.05, 0.1) is 5.39 Å². The summed E-state index contributed by atoms with van der Waals surface area (Å²) in [4.78, 5) is 37.3. The van der Waals surface area contributed by atoms with Crippen molar-refractivity contribution in [1.29, 1.82) is 0 Å². The van der Waals surface area contributed by atoms with Crippen LogP contribution >= 0.6 is 0 Å². The highest BCUT2D eigenvalue weighted by molar-refractivity contribution is 6.10. The van der Waals surface area contributed by atoms with Crippen LogP contribution in [0.15, 0.2) is 116 Å². The normalized spacial score (nSPS) is 11.9. The van der Waals surface area contributed by atoms with Crippen molar-refractivity contribution in [3.63, 3.8) is 0 Å². The molecule has 0 aliphatic carbocycles. The highest BCUT2D eigenvalue weighted by Crippen LogP contribution is 2.39. The summed E-state index contributed by atoms with van der Waals surface area (Å²) in [5, 5.41) is 3.48. The van der Waals surface area contributed by atoms with Crippen molar-refractivity contribution in [1.82, 2.24) is 39.9 Å². The summed E-state index contributed by atoms with van der Waals surface area (Å²) in [6, 6.07) is 33.8. The Morgan fingerprint density at radius 3 is 1.58 bits per heavy atom. The second kappa shape index (κ2) is 10.1. The van der Waals surface area contributed by atoms with E-state index < -0.39 is 0 Å². The van der Waals surface area contributed by atoms with Gasteiger partial charge in [0.25, 0.3) is 0 Å². The minimum atomic E-state index is 0.542. The van der Waals surface area contributed by atoms with Gasteiger partial charge in [-0.3, -0.25) is 0 Å². The van der Waals surface area contributed by atoms with Crippen molar-refractivity contribution in [2.45, 2.75) is 0 Å². The number of fused-ring (bicyclic) bond motifs is 20. The lowest BCUT2D eigenvalue weighted by atomic mass is 10.1. The van der Waals surface area contributed by atoms with Gasteiger partial charge in [-0.2, -0.15) is 0 Å². The van der Waals surface area contributed by atoms with Crippen LogP contribution in [0.5, 0.6) is 11.5 Å². The summed E-state index contributed by atoms with van der Waals surface area (Å²) < 4.78 is 8.44. The van der Waals surface area contributed by atoms with Gasteiger partial charge in [0, 0.05) is 44.5 Å². The van der Waals surface area contributed by atoms with E-state index in [1.807, 2.05) is 127 Å². The molecule has 0 amide bonds. The van der Waals surface area contributed by atoms with Gasteiger partial charge in [0.1, 0.15) is 35.4 Å². The van der Waals surface area contributed by atoms with E-state index >= 15 is 0 Å². The Labute approximate surface area is 272 Å². The zero-order valence-corrected chi connectivity index (χ0v) is 25.5. The van der Waals surface area contributed by atoms with E-state index in [0.717, 1.165) is 43.8 Å². The first-order valence-electron chi connectivity index (χ1n) is 15.5. The number of aryl methyl sites for hydroxylation is 1. The molecule has 2 N–H and O–H groups in total. The standard InChI is InChI=1S/C38H24N9O/c1-47-19-9-10-21(20-47)48-29-18-8-17-28-30(29)38-45-36-27-16-7-6-15-26(27)34(43-36)41-32-23-12-3-2-11-22(23)31(39-32)40-33-24-13-4-5-14-25(24)35(42-33)44-37(28)46-38/h2-20H,1H3,(H2,39,40,41,42,43,44,45,46)/q+1. The van der Waals surface area contributed by atoms with Gasteiger partial charge in [0.2, 0.25) is 6.20 Å². The zero-order valence-electron chi connectivity index (χ0n) is 25.5. The molecule has 10 rings (SSSR count). The topological polar surface area (TPSA) is 122 Å². The maximum atomic E-state index is 6.49. The number of pyridine rings is 1. The smallest absolute Gasteiger partial charge is 0.211 e. The monoisotopic (exact) mass is 622 g/mol. The first-order valence-corrected chi connectivity index (χ1v) is 15.5. The van der Waals surface area contributed by atoms with Crippen LogP contribution in [0, 0.1) is 0 Å². The number of hydrogen-bond acceptors (Lipinski definition) is 7. The SMILES string of the molecule is C[n+]1cccc(Oc2cccc3c4nc5nc(nc6nc(nc7[nH]c(nc([nH]4)c23)c2ccccc72)-c2ccccc2-6)-c2ccccc2-5)c1. The number of aromatic nitrogens is 9. The molecule has 48 heavy (non-hydrogen) atoms. The van der Waals surface area contributed by atoms with E-state index in [-0.39, 0.29) is 0 Å². The molecule has 0 fully saturated rings. The lowest BCUT2D eigenvalue weighted by Gasteiger charge is -2.05. The highest BCUT2D eigenvalue weighted by atomic mass is 16.5. The predicted octanol–water partition coefficient (Wildman–Crippen LogP) is 7.49. The number of rotatable bonds is 2. The number of nitrogens with one attached hydrogen (secondary N) is 2. The van der Waals surface area contributed by atoms with Crippen molar-refractivity contribution >= 4 is 44.1 Å². The molecule has 0 radical (unpaired) electrons. The summed E-state index contributed by atoms with van der Waals surface area (Å²) in [7, 11) is 1.96. The summed E-state index contributed by atoms with van der Waals surface area (Å²) >= 11 is 0. The Morgan fingerprint density at radius 2 is 0.979 bits per heavy atom. The Morgan fingerprint density at radius 1 is 0.479 bits per heavy atom. The average Bonchev–Trinajstić information content (AvgIpc) is 3.84. The van der Waals surface area contributed by atoms with Crippen molar-refractivity contribution in [2.75, 3.05) is 0 Å². The van der Waals surface area contributed by atoms with Crippen molar-refractivity contribution in [3.8, 4) is 57.1 Å². The Balaban J connectivity index is 1.37. The van der Waals surface area contributed by atoms with Crippen LogP contribution in [0.1, 0.15) is 0 Å². The maximum Gasteiger partial charge on any atom is 0.211 e. The highest BCUT2D eigenvalue weighted by Gasteiger charge is 2.23. The second-order valence-electron chi connectivity index (χ2n) is 11.7. The zero-order chi connectivity index (χ0) is 31.8. The number of aromatic amines is 2. The number of nitrogens with zero attached hydrogens (tertiary/aromatic N) is 7. The predicted molar refractivity (Wildman–Crippen MR) is 184 cm³/mol. The lowest BCUT2D eigenvalue weighted by molar-refractivity contribution is -0.671. The Bertz CT molecular complexity index is 2800. The molecule has 4 aromatic heterocycles. The third-order valence-electron chi connectivity index (χ3n) is 8.68. The van der Waals surface area contributed by atoms with Gasteiger partial charge in [0.15, 0.2) is 35.2 Å². The lowest BCUT2D eigenvalue weighted by Crippen LogP contribution is -2.25. The van der Waals surface area contributed by atoms with Gasteiger partial charge in [-0.05, 0) is 12.1 Å². The molecule has 6 heterocycles. The third kappa shape index (κ3) is 4.09. The molecular weight excluding hydrogens is 598 g/mol. The van der Waals surface area contributed by atoms with Crippen LogP contribution in [0.4, 0.5) is 0 Å². The van der Waals surface area contributed by atoms with Gasteiger partial charge in [-0.1, -0.05) is 84.9 Å². The molecule has 0 saturated carbocycles. The van der Waals surface area contributed by atoms with Crippen LogP contribution in [-0.4, -0.2) is 39.9 Å². The van der Waals surface area contributed by atoms with Crippen LogP contribution in [0.3, 0.4) is 0 Å². The summed E-state index contributed by atoms with van der Waals surface area (Å²) in [5.74, 6) is 3.54. The van der Waals surface area contributed by atoms with Crippen LogP contribution in [-0.2, 0) is 7.05 Å². The van der Waals surface area contributed by atoms with Crippen molar-refractivity contribution in [2.24, 2.45) is 7.05 Å². The first kappa shape index (κ1) is 26.4. The molecule has 2 aliphatic heterocycles. The molecule has 8 bridgehead atoms. The van der Waals surface area contributed by atoms with Crippen molar-refractivity contribution < 1.29 is 9.30 Å². The van der Waals surface area contributed by atoms with E-state index in [9.17, 15) is 0 Å². The average molecular weight is 623 g/mol. The van der Waals surface area contributed by atoms with Crippen LogP contribution in [0.25, 0.3) is 89.7 Å². The quantitative estimate of drug-likeness (QED) is 0.192. The van der Waals surface area contributed by atoms with Crippen molar-refractivity contribution in [3.05, 3.63) is 116 Å². The molecule has 8 aromatic rings. The molecule has 2 aliphatic rings. The van der Waals surface area contributed by atoms with E-state index in [4.69, 9.17) is 34.6 Å². The third-order valence-corrected chi connectivity index (χ3v) is 8.68. The first-order chi connectivity index (χ1) is 23.7. The second-order valence-corrected chi connectivity index (χ2v) is 11.7. The van der Waals surface area contributed by atoms with Crippen LogP contribution in [0.2, 0.25) is 0 Å². The van der Waals surface area contributed by atoms with E-state index in [2.05, 4.69) is 9.97 Å². The van der Waals surface area contributed by atoms with Gasteiger partial charge in [-0.25, -0.2) is 34.5 Å². The molecule has 0 atom stereocenters. The molecule has 10 nitrogen and oxygen atoms in total. The van der Waals surface area contributed by atoms with Gasteiger partial charge >= 0.3 is 0 Å². The summed E-state index contributed by atoms with van der Waals surface area (Å²) in [5.41, 5.74) is 6.05. The van der Waals surface area contributed by atoms with Gasteiger partial charge < -0.3 is 14.7 Å². The molecular formula is C38H24N9O+. The molecule has 0 spiro atoms. The van der Waals surface area contributed by atoms with Gasteiger partial charge in [-0.15, -0.1) is 0 Å². The summed E-state index contributed by atoms with van der Waals surface area (Å²) in [6.07, 6.45) is 3.89. The molecule has 226 valence electrons. The molecule has 0 saturated heterocycles. The number of H-pyrrole nitrogens is 2. The number of benzene rings is 4. The fourth-order valence-corrected chi connectivity index (χ4v) is 6.49. The Hall–Kier alpha value is -6.81. The molecule has 4 aromatic carbocycles. The molecule has 0 unspecified atom stereocenters. The fourth-order valence-electron chi connectivity index (χ4n) is 6.49. The fraction of sp³-hybridized carbons (Fsp3) is 0.0263.